The lowest BCUT2D eigenvalue weighted by Crippen LogP contribution is -2.25. The first-order valence-corrected chi connectivity index (χ1v) is 8.46. The van der Waals surface area contributed by atoms with Crippen LogP contribution in [0.25, 0.3) is 0 Å². The number of rotatable bonds is 7. The molecule has 0 amide bonds. The lowest BCUT2D eigenvalue weighted by Gasteiger charge is -2.12. The van der Waals surface area contributed by atoms with Crippen LogP contribution >= 0.6 is 0 Å². The van der Waals surface area contributed by atoms with E-state index in [4.69, 9.17) is 9.47 Å². The number of benzene rings is 1. The molecule has 1 atom stereocenters. The molecule has 0 saturated heterocycles. The average Bonchev–Trinajstić information content (AvgIpc) is 2.95. The second kappa shape index (κ2) is 8.44. The van der Waals surface area contributed by atoms with Gasteiger partial charge in [0.25, 0.3) is 0 Å². The highest BCUT2D eigenvalue weighted by atomic mass is 16.5. The van der Waals surface area contributed by atoms with Crippen LogP contribution in [0.15, 0.2) is 24.3 Å². The van der Waals surface area contributed by atoms with Crippen molar-refractivity contribution in [2.45, 2.75) is 33.8 Å². The second-order valence-corrected chi connectivity index (χ2v) is 6.00. The smallest absolute Gasteiger partial charge is 0.340 e. The molecule has 7 nitrogen and oxygen atoms in total. The van der Waals surface area contributed by atoms with Crippen molar-refractivity contribution in [2.75, 3.05) is 6.61 Å². The number of esters is 2. The lowest BCUT2D eigenvalue weighted by atomic mass is 10.1. The maximum Gasteiger partial charge on any atom is 0.340 e. The molecule has 1 heterocycles. The number of aldehydes is 1. The first kappa shape index (κ1) is 20.1. The van der Waals surface area contributed by atoms with Crippen LogP contribution in [0.3, 0.4) is 0 Å². The van der Waals surface area contributed by atoms with E-state index >= 15 is 0 Å². The summed E-state index contributed by atoms with van der Waals surface area (Å²) in [6.07, 6.45) is -0.395. The highest BCUT2D eigenvalue weighted by Gasteiger charge is 2.27. The summed E-state index contributed by atoms with van der Waals surface area (Å²) in [5.41, 5.74) is 2.13. The Morgan fingerprint density at radius 2 is 1.74 bits per heavy atom. The molecule has 1 aromatic heterocycles. The zero-order chi connectivity index (χ0) is 20.1. The number of Topliss-reactive ketones (excluding diaryl/α,β-unsaturated/α-hetero) is 1. The van der Waals surface area contributed by atoms with Crippen molar-refractivity contribution < 1.29 is 28.7 Å². The number of H-pyrrole nitrogens is 1. The normalized spacial score (nSPS) is 11.6. The zero-order valence-electron chi connectivity index (χ0n) is 15.6. The lowest BCUT2D eigenvalue weighted by molar-refractivity contribution is 0.0316. The van der Waals surface area contributed by atoms with E-state index in [-0.39, 0.29) is 17.9 Å². The van der Waals surface area contributed by atoms with Crippen LogP contribution in [-0.2, 0) is 9.47 Å². The molecule has 2 aromatic rings. The monoisotopic (exact) mass is 371 g/mol. The molecule has 0 spiro atoms. The Hall–Kier alpha value is -3.22. The highest BCUT2D eigenvalue weighted by Crippen LogP contribution is 2.21. The van der Waals surface area contributed by atoms with Crippen molar-refractivity contribution in [1.82, 2.24) is 4.98 Å². The Bertz CT molecular complexity index is 879. The molecule has 0 unspecified atom stereocenters. The summed E-state index contributed by atoms with van der Waals surface area (Å²) in [6, 6.07) is 5.87. The summed E-state index contributed by atoms with van der Waals surface area (Å²) in [4.78, 5) is 50.5. The topological polar surface area (TPSA) is 103 Å². The van der Waals surface area contributed by atoms with Crippen LogP contribution in [0.5, 0.6) is 0 Å². The van der Waals surface area contributed by atoms with Gasteiger partial charge in [-0.15, -0.1) is 0 Å². The molecule has 1 N–H and O–H groups in total. The molecule has 0 aliphatic heterocycles. The van der Waals surface area contributed by atoms with Gasteiger partial charge in [0.2, 0.25) is 5.78 Å². The number of carbonyl (C=O) groups excluding carboxylic acids is 4. The van der Waals surface area contributed by atoms with Crippen molar-refractivity contribution in [2.24, 2.45) is 0 Å². The van der Waals surface area contributed by atoms with E-state index in [9.17, 15) is 19.2 Å². The summed E-state index contributed by atoms with van der Waals surface area (Å²) in [5.74, 6) is -1.65. The first-order valence-electron chi connectivity index (χ1n) is 8.46. The third-order valence-electron chi connectivity index (χ3n) is 4.10. The summed E-state index contributed by atoms with van der Waals surface area (Å²) >= 11 is 0. The number of hydrogen-bond donors (Lipinski definition) is 1. The van der Waals surface area contributed by atoms with E-state index in [1.807, 2.05) is 0 Å². The summed E-state index contributed by atoms with van der Waals surface area (Å²) < 4.78 is 10.2. The summed E-state index contributed by atoms with van der Waals surface area (Å²) in [7, 11) is 0. The van der Waals surface area contributed by atoms with Gasteiger partial charge >= 0.3 is 11.9 Å². The molecule has 0 bridgehead atoms. The first-order chi connectivity index (χ1) is 12.8. The second-order valence-electron chi connectivity index (χ2n) is 6.00. The van der Waals surface area contributed by atoms with E-state index in [2.05, 4.69) is 4.98 Å². The van der Waals surface area contributed by atoms with Gasteiger partial charge in [-0.05, 0) is 45.4 Å². The minimum Gasteiger partial charge on any atom is -0.462 e. The van der Waals surface area contributed by atoms with E-state index in [1.54, 1.807) is 20.8 Å². The molecule has 2 rings (SSSR count). The molecule has 0 saturated carbocycles. The molecule has 0 aliphatic carbocycles. The zero-order valence-corrected chi connectivity index (χ0v) is 15.6. The number of hydrogen-bond acceptors (Lipinski definition) is 6. The molecule has 1 aromatic carbocycles. The van der Waals surface area contributed by atoms with Gasteiger partial charge in [-0.2, -0.15) is 0 Å². The van der Waals surface area contributed by atoms with E-state index in [0.29, 0.717) is 28.7 Å². The van der Waals surface area contributed by atoms with E-state index in [1.165, 1.54) is 31.2 Å². The number of ether oxygens (including phenoxy) is 2. The van der Waals surface area contributed by atoms with Gasteiger partial charge in [0.05, 0.1) is 23.4 Å². The quantitative estimate of drug-likeness (QED) is 0.456. The Balaban J connectivity index is 2.17. The number of aryl methyl sites for hydroxylation is 1. The Labute approximate surface area is 156 Å². The molecular formula is C20H21NO6. The number of nitrogens with one attached hydrogen (secondary N) is 1. The van der Waals surface area contributed by atoms with Crippen LogP contribution in [0.4, 0.5) is 0 Å². The van der Waals surface area contributed by atoms with Gasteiger partial charge in [-0.3, -0.25) is 9.59 Å². The van der Waals surface area contributed by atoms with Gasteiger partial charge in [0, 0.05) is 11.3 Å². The van der Waals surface area contributed by atoms with Crippen LogP contribution < -0.4 is 0 Å². The van der Waals surface area contributed by atoms with Gasteiger partial charge in [0.15, 0.2) is 6.10 Å². The molecule has 0 aliphatic rings. The summed E-state index contributed by atoms with van der Waals surface area (Å²) in [5, 5.41) is 0. The largest absolute Gasteiger partial charge is 0.462 e. The average molecular weight is 371 g/mol. The van der Waals surface area contributed by atoms with E-state index < -0.39 is 23.8 Å². The number of carbonyl (C=O) groups is 4. The predicted octanol–water partition coefficient (Wildman–Crippen LogP) is 3.05. The third kappa shape index (κ3) is 4.31. The van der Waals surface area contributed by atoms with Crippen LogP contribution in [0.2, 0.25) is 0 Å². The van der Waals surface area contributed by atoms with Crippen molar-refractivity contribution >= 4 is 24.0 Å². The Morgan fingerprint density at radius 1 is 1.11 bits per heavy atom. The van der Waals surface area contributed by atoms with Crippen molar-refractivity contribution in [3.05, 3.63) is 57.9 Å². The molecule has 0 radical (unpaired) electrons. The number of aromatic amines is 1. The minimum absolute atomic E-state index is 0.201. The number of aromatic nitrogens is 1. The Kier molecular flexibility index (Phi) is 6.28. The fraction of sp³-hybridized carbons (Fsp3) is 0.300. The minimum atomic E-state index is -1.06. The maximum absolute atomic E-state index is 12.7. The molecule has 0 fully saturated rings. The highest BCUT2D eigenvalue weighted by molar-refractivity contribution is 6.04. The molecular weight excluding hydrogens is 350 g/mol. The number of ketones is 1. The molecule has 7 heteroatoms. The fourth-order valence-corrected chi connectivity index (χ4v) is 2.69. The van der Waals surface area contributed by atoms with Crippen molar-refractivity contribution in [3.63, 3.8) is 0 Å². The molecule has 27 heavy (non-hydrogen) atoms. The third-order valence-corrected chi connectivity index (χ3v) is 4.10. The SMILES string of the molecule is CCOC(=O)c1c(C)[nH]c(C(=O)[C@H](C)OC(=O)c2ccc(C=O)cc2)c1C. The predicted molar refractivity (Wildman–Crippen MR) is 97.3 cm³/mol. The summed E-state index contributed by atoms with van der Waals surface area (Å²) in [6.45, 7) is 6.68. The van der Waals surface area contributed by atoms with Crippen molar-refractivity contribution in [1.29, 1.82) is 0 Å². The van der Waals surface area contributed by atoms with Crippen LogP contribution in [0, 0.1) is 13.8 Å². The molecule has 142 valence electrons. The maximum atomic E-state index is 12.7. The standard InChI is InChI=1S/C20H21NO6/c1-5-26-20(25)16-11(2)17(21-12(16)3)18(23)13(4)27-19(24)15-8-6-14(10-22)7-9-15/h6-10,13,21H,5H2,1-4H3/t13-/m0/s1. The fourth-order valence-electron chi connectivity index (χ4n) is 2.69. The van der Waals surface area contributed by atoms with Gasteiger partial charge in [0.1, 0.15) is 6.29 Å². The van der Waals surface area contributed by atoms with Crippen LogP contribution in [-0.4, -0.2) is 41.7 Å². The van der Waals surface area contributed by atoms with E-state index in [0.717, 1.165) is 0 Å². The van der Waals surface area contributed by atoms with Gasteiger partial charge < -0.3 is 14.5 Å². The van der Waals surface area contributed by atoms with Crippen LogP contribution in [0.1, 0.15) is 66.7 Å². The van der Waals surface area contributed by atoms with Gasteiger partial charge in [-0.25, -0.2) is 9.59 Å². The Morgan fingerprint density at radius 3 is 2.30 bits per heavy atom. The van der Waals surface area contributed by atoms with Crippen molar-refractivity contribution in [3.8, 4) is 0 Å². The van der Waals surface area contributed by atoms with Gasteiger partial charge in [-0.1, -0.05) is 12.1 Å².